The number of sulfonamides is 1. The topological polar surface area (TPSA) is 157 Å². The minimum absolute atomic E-state index is 0.123. The number of benzene rings is 1. The SMILES string of the molecule is C=CC(=O)N[C@H]1CCOC[C@H]1Nc1ncc2cc(-c3c(Cl)c(OC)cc(OC)c3Cl)nc(N(C)CCNS(C)(=O)=O)c2n1. The number of hydrogen-bond donors (Lipinski definition) is 3. The van der Waals surface area contributed by atoms with Crippen LogP contribution >= 0.6 is 23.2 Å². The van der Waals surface area contributed by atoms with Crippen molar-refractivity contribution >= 4 is 61.8 Å². The lowest BCUT2D eigenvalue weighted by atomic mass is 10.0. The molecular formula is C27H33Cl2N7O6S. The second-order valence-corrected chi connectivity index (χ2v) is 12.4. The molecule has 0 unspecified atom stereocenters. The lowest BCUT2D eigenvalue weighted by Gasteiger charge is -2.32. The van der Waals surface area contributed by atoms with E-state index in [-0.39, 0.29) is 41.1 Å². The number of aromatic nitrogens is 3. The maximum Gasteiger partial charge on any atom is 0.243 e. The summed E-state index contributed by atoms with van der Waals surface area (Å²) in [6, 6.07) is 2.80. The molecule has 0 bridgehead atoms. The number of ether oxygens (including phenoxy) is 3. The first-order valence-electron chi connectivity index (χ1n) is 13.2. The molecule has 1 aliphatic heterocycles. The highest BCUT2D eigenvalue weighted by Crippen LogP contribution is 2.46. The number of amides is 1. The van der Waals surface area contributed by atoms with Gasteiger partial charge in [0.1, 0.15) is 17.0 Å². The van der Waals surface area contributed by atoms with E-state index in [1.165, 1.54) is 20.3 Å². The van der Waals surface area contributed by atoms with Crippen molar-refractivity contribution in [2.45, 2.75) is 18.5 Å². The third kappa shape index (κ3) is 7.75. The van der Waals surface area contributed by atoms with Crippen LogP contribution in [0.3, 0.4) is 0 Å². The summed E-state index contributed by atoms with van der Waals surface area (Å²) < 4.78 is 42.3. The molecule has 16 heteroatoms. The summed E-state index contributed by atoms with van der Waals surface area (Å²) in [5, 5.41) is 7.26. The van der Waals surface area contributed by atoms with Crippen LogP contribution in [0, 0.1) is 0 Å². The molecule has 1 saturated heterocycles. The minimum atomic E-state index is -3.40. The number of nitrogens with one attached hydrogen (secondary N) is 3. The normalized spacial score (nSPS) is 16.9. The second-order valence-electron chi connectivity index (χ2n) is 9.77. The van der Waals surface area contributed by atoms with Crippen LogP contribution in [0.5, 0.6) is 11.5 Å². The van der Waals surface area contributed by atoms with Crippen molar-refractivity contribution < 1.29 is 27.4 Å². The smallest absolute Gasteiger partial charge is 0.243 e. The molecular weight excluding hydrogens is 621 g/mol. The van der Waals surface area contributed by atoms with Gasteiger partial charge in [-0.25, -0.2) is 28.1 Å². The maximum absolute atomic E-state index is 12.0. The van der Waals surface area contributed by atoms with E-state index in [0.29, 0.717) is 65.1 Å². The number of anilines is 2. The fraction of sp³-hybridized carbons (Fsp3) is 0.407. The standard InChI is InChI=1S/C27H33Cl2N7O6S/c1-6-21(37)32-16-7-10-42-14-18(16)34-27-30-13-15-11-17(22-23(28)19(40-3)12-20(41-4)24(22)29)33-26(25(15)35-27)36(2)9-8-31-43(5,38)39/h6,11-13,16,18,31H,1,7-10,14H2,2-5H3,(H,32,37)(H,30,34,35)/t16-,18+/m0/s1. The number of methoxy groups -OCH3 is 2. The van der Waals surface area contributed by atoms with Crippen molar-refractivity contribution in [3.63, 3.8) is 0 Å². The number of likely N-dealkylation sites (N-methyl/N-ethyl adjacent to an activating group) is 1. The van der Waals surface area contributed by atoms with Gasteiger partial charge in [-0.05, 0) is 18.6 Å². The molecule has 0 radical (unpaired) electrons. The van der Waals surface area contributed by atoms with Crippen molar-refractivity contribution in [3.8, 4) is 22.8 Å². The summed E-state index contributed by atoms with van der Waals surface area (Å²) in [5.41, 5.74) is 1.26. The zero-order valence-corrected chi connectivity index (χ0v) is 26.4. The molecule has 13 nitrogen and oxygen atoms in total. The Kier molecular flexibility index (Phi) is 10.5. The summed E-state index contributed by atoms with van der Waals surface area (Å²) in [5.74, 6) is 1.11. The van der Waals surface area contributed by atoms with Crippen LogP contribution in [-0.4, -0.2) is 95.2 Å². The Labute approximate surface area is 260 Å². The number of pyridine rings is 1. The van der Waals surface area contributed by atoms with Gasteiger partial charge in [0, 0.05) is 50.0 Å². The number of fused-ring (bicyclic) bond motifs is 1. The first-order chi connectivity index (χ1) is 20.4. The van der Waals surface area contributed by atoms with Gasteiger partial charge in [-0.3, -0.25) is 4.79 Å². The van der Waals surface area contributed by atoms with E-state index in [0.717, 1.165) is 6.26 Å². The van der Waals surface area contributed by atoms with Crippen LogP contribution in [0.4, 0.5) is 11.8 Å². The van der Waals surface area contributed by atoms with Gasteiger partial charge < -0.3 is 29.7 Å². The monoisotopic (exact) mass is 653 g/mol. The Hall–Kier alpha value is -3.43. The van der Waals surface area contributed by atoms with E-state index in [2.05, 4.69) is 26.9 Å². The van der Waals surface area contributed by atoms with Gasteiger partial charge in [-0.15, -0.1) is 0 Å². The molecule has 0 saturated carbocycles. The summed E-state index contributed by atoms with van der Waals surface area (Å²) in [7, 11) is 1.31. The highest BCUT2D eigenvalue weighted by Gasteiger charge is 2.28. The molecule has 3 heterocycles. The number of halogens is 2. The number of rotatable bonds is 12. The lowest BCUT2D eigenvalue weighted by Crippen LogP contribution is -2.52. The lowest BCUT2D eigenvalue weighted by molar-refractivity contribution is -0.117. The van der Waals surface area contributed by atoms with Crippen molar-refractivity contribution in [3.05, 3.63) is 41.0 Å². The molecule has 3 aromatic rings. The number of nitrogens with zero attached hydrogens (tertiary/aromatic N) is 4. The molecule has 1 aliphatic rings. The predicted molar refractivity (Wildman–Crippen MR) is 167 cm³/mol. The van der Waals surface area contributed by atoms with Crippen molar-refractivity contribution in [2.24, 2.45) is 0 Å². The average Bonchev–Trinajstić information content (AvgIpc) is 2.97. The van der Waals surface area contributed by atoms with Gasteiger partial charge in [0.15, 0.2) is 5.82 Å². The van der Waals surface area contributed by atoms with Crippen LogP contribution in [-0.2, 0) is 19.6 Å². The largest absolute Gasteiger partial charge is 0.495 e. The molecule has 232 valence electrons. The van der Waals surface area contributed by atoms with Crippen LogP contribution in [0.15, 0.2) is 31.0 Å². The van der Waals surface area contributed by atoms with Crippen molar-refractivity contribution in [1.29, 1.82) is 0 Å². The van der Waals surface area contributed by atoms with E-state index < -0.39 is 10.0 Å². The van der Waals surface area contributed by atoms with Gasteiger partial charge in [-0.2, -0.15) is 0 Å². The molecule has 4 rings (SSSR count). The summed E-state index contributed by atoms with van der Waals surface area (Å²) in [6.07, 6.45) is 4.54. The van der Waals surface area contributed by atoms with E-state index >= 15 is 0 Å². The summed E-state index contributed by atoms with van der Waals surface area (Å²) >= 11 is 13.4. The molecule has 0 spiro atoms. The van der Waals surface area contributed by atoms with Gasteiger partial charge in [0.25, 0.3) is 0 Å². The quantitative estimate of drug-likeness (QED) is 0.247. The first-order valence-corrected chi connectivity index (χ1v) is 15.8. The zero-order chi connectivity index (χ0) is 31.3. The third-order valence-corrected chi connectivity index (χ3v) is 8.21. The van der Waals surface area contributed by atoms with E-state index in [1.807, 2.05) is 0 Å². The van der Waals surface area contributed by atoms with Gasteiger partial charge in [0.05, 0.1) is 54.9 Å². The van der Waals surface area contributed by atoms with E-state index in [1.54, 1.807) is 30.3 Å². The van der Waals surface area contributed by atoms with Gasteiger partial charge in [0.2, 0.25) is 21.9 Å². The Morgan fingerprint density at radius 1 is 1.19 bits per heavy atom. The Balaban J connectivity index is 1.80. The van der Waals surface area contributed by atoms with Crippen LogP contribution in [0.2, 0.25) is 10.0 Å². The van der Waals surface area contributed by atoms with Gasteiger partial charge in [-0.1, -0.05) is 29.8 Å². The molecule has 1 amide bonds. The molecule has 3 N–H and O–H groups in total. The number of carbonyl (C=O) groups is 1. The second kappa shape index (κ2) is 13.9. The van der Waals surface area contributed by atoms with E-state index in [9.17, 15) is 13.2 Å². The Bertz CT molecular complexity index is 1600. The van der Waals surface area contributed by atoms with Crippen molar-refractivity contribution in [2.75, 3.05) is 64.0 Å². The highest BCUT2D eigenvalue weighted by molar-refractivity contribution is 7.88. The van der Waals surface area contributed by atoms with Gasteiger partial charge >= 0.3 is 0 Å². The summed E-state index contributed by atoms with van der Waals surface area (Å²) in [4.78, 5) is 27.9. The predicted octanol–water partition coefficient (Wildman–Crippen LogP) is 2.87. The number of carbonyl (C=O) groups excluding carboxylic acids is 1. The van der Waals surface area contributed by atoms with Crippen LogP contribution in [0.1, 0.15) is 6.42 Å². The zero-order valence-electron chi connectivity index (χ0n) is 24.1. The third-order valence-electron chi connectivity index (χ3n) is 6.73. The Morgan fingerprint density at radius 3 is 2.51 bits per heavy atom. The molecule has 1 aromatic carbocycles. The number of hydrogen-bond acceptors (Lipinski definition) is 11. The Morgan fingerprint density at radius 2 is 1.88 bits per heavy atom. The minimum Gasteiger partial charge on any atom is -0.495 e. The fourth-order valence-corrected chi connectivity index (χ4v) is 5.72. The molecule has 2 atom stereocenters. The average molecular weight is 655 g/mol. The molecule has 0 aliphatic carbocycles. The van der Waals surface area contributed by atoms with E-state index in [4.69, 9.17) is 47.4 Å². The molecule has 43 heavy (non-hydrogen) atoms. The van der Waals surface area contributed by atoms with Crippen molar-refractivity contribution in [1.82, 2.24) is 25.0 Å². The highest BCUT2D eigenvalue weighted by atomic mass is 35.5. The molecule has 1 fully saturated rings. The summed E-state index contributed by atoms with van der Waals surface area (Å²) in [6.45, 7) is 4.74. The maximum atomic E-state index is 12.0. The van der Waals surface area contributed by atoms with Crippen LogP contribution in [0.25, 0.3) is 22.2 Å². The first kappa shape index (κ1) is 32.5. The fourth-order valence-electron chi connectivity index (χ4n) is 4.56. The van der Waals surface area contributed by atoms with Crippen LogP contribution < -0.4 is 29.7 Å². The molecule has 2 aromatic heterocycles.